The van der Waals surface area contributed by atoms with Crippen molar-refractivity contribution in [1.82, 2.24) is 0 Å². The van der Waals surface area contributed by atoms with Gasteiger partial charge in [-0.3, -0.25) is 4.79 Å². The van der Waals surface area contributed by atoms with Crippen LogP contribution in [0.1, 0.15) is 16.8 Å². The molecular formula is C17H17ClF2N2O4. The molecule has 2 aromatic rings. The monoisotopic (exact) mass is 386 g/mol. The molecule has 0 spiro atoms. The third kappa shape index (κ3) is 5.04. The molecule has 1 atom stereocenters. The third-order valence-electron chi connectivity index (χ3n) is 3.43. The number of carbonyl (C=O) groups excluding carboxylic acids is 1. The number of benzene rings is 2. The molecule has 0 aliphatic heterocycles. The van der Waals surface area contributed by atoms with Crippen LogP contribution in [-0.4, -0.2) is 35.4 Å². The topological polar surface area (TPSA) is 105 Å². The van der Waals surface area contributed by atoms with Crippen LogP contribution in [0, 0.1) is 11.6 Å². The molecule has 0 heterocycles. The van der Waals surface area contributed by atoms with Crippen LogP contribution in [0.2, 0.25) is 5.02 Å². The highest BCUT2D eigenvalue weighted by Gasteiger charge is 2.19. The van der Waals surface area contributed by atoms with Crippen molar-refractivity contribution in [2.75, 3.05) is 18.5 Å². The molecule has 5 N–H and O–H groups in total. The van der Waals surface area contributed by atoms with E-state index in [1.54, 1.807) is 0 Å². The van der Waals surface area contributed by atoms with Gasteiger partial charge in [0.2, 0.25) is 0 Å². The number of ether oxygens (including phenoxy) is 1. The molecule has 0 fully saturated rings. The number of anilines is 2. The van der Waals surface area contributed by atoms with Crippen LogP contribution < -0.4 is 15.8 Å². The van der Waals surface area contributed by atoms with Gasteiger partial charge in [-0.1, -0.05) is 11.6 Å². The zero-order valence-corrected chi connectivity index (χ0v) is 14.3. The normalized spacial score (nSPS) is 11.9. The van der Waals surface area contributed by atoms with E-state index in [1.165, 1.54) is 12.1 Å². The van der Waals surface area contributed by atoms with E-state index >= 15 is 0 Å². The molecule has 140 valence electrons. The Morgan fingerprint density at radius 3 is 2.62 bits per heavy atom. The number of hydrogen-bond donors (Lipinski definition) is 4. The summed E-state index contributed by atoms with van der Waals surface area (Å²) in [7, 11) is 0. The summed E-state index contributed by atoms with van der Waals surface area (Å²) in [5.74, 6) is -2.53. The SMILES string of the molecule is NC(=O)c1c(Nc2ccc(Cl)cc2F)cc(F)cc1OCCC(O)CO. The first-order chi connectivity index (χ1) is 12.3. The highest BCUT2D eigenvalue weighted by Crippen LogP contribution is 2.32. The van der Waals surface area contributed by atoms with Gasteiger partial charge in [-0.15, -0.1) is 0 Å². The van der Waals surface area contributed by atoms with E-state index in [0.29, 0.717) is 0 Å². The van der Waals surface area contributed by atoms with E-state index in [4.69, 9.17) is 27.2 Å². The Kier molecular flexibility index (Phi) is 6.73. The van der Waals surface area contributed by atoms with E-state index < -0.39 is 30.3 Å². The number of rotatable bonds is 8. The Labute approximate surface area is 153 Å². The van der Waals surface area contributed by atoms with Crippen LogP contribution in [0.3, 0.4) is 0 Å². The van der Waals surface area contributed by atoms with Gasteiger partial charge in [0.25, 0.3) is 5.91 Å². The third-order valence-corrected chi connectivity index (χ3v) is 3.67. The van der Waals surface area contributed by atoms with Crippen molar-refractivity contribution in [1.29, 1.82) is 0 Å². The van der Waals surface area contributed by atoms with Gasteiger partial charge in [-0.05, 0) is 24.3 Å². The molecule has 1 amide bonds. The summed E-state index contributed by atoms with van der Waals surface area (Å²) in [6.45, 7) is -0.557. The quantitative estimate of drug-likeness (QED) is 0.558. The maximum atomic E-state index is 14.0. The Morgan fingerprint density at radius 1 is 1.27 bits per heavy atom. The van der Waals surface area contributed by atoms with Gasteiger partial charge in [0, 0.05) is 17.5 Å². The van der Waals surface area contributed by atoms with E-state index in [9.17, 15) is 18.7 Å². The summed E-state index contributed by atoms with van der Waals surface area (Å²) in [4.78, 5) is 11.8. The average molecular weight is 387 g/mol. The predicted molar refractivity (Wildman–Crippen MR) is 92.8 cm³/mol. The lowest BCUT2D eigenvalue weighted by molar-refractivity contribution is 0.0751. The minimum Gasteiger partial charge on any atom is -0.492 e. The summed E-state index contributed by atoms with van der Waals surface area (Å²) in [6, 6.07) is 5.73. The first-order valence-corrected chi connectivity index (χ1v) is 7.96. The number of nitrogens with two attached hydrogens (primary N) is 1. The highest BCUT2D eigenvalue weighted by atomic mass is 35.5. The predicted octanol–water partition coefficient (Wildman–Crippen LogP) is 2.58. The molecule has 2 aromatic carbocycles. The molecular weight excluding hydrogens is 370 g/mol. The summed E-state index contributed by atoms with van der Waals surface area (Å²) in [6.07, 6.45) is -0.957. The lowest BCUT2D eigenvalue weighted by Crippen LogP contribution is -2.19. The number of aliphatic hydroxyl groups excluding tert-OH is 2. The molecule has 0 saturated heterocycles. The maximum Gasteiger partial charge on any atom is 0.254 e. The maximum absolute atomic E-state index is 14.0. The molecule has 0 aliphatic rings. The van der Waals surface area contributed by atoms with Gasteiger partial charge in [0.05, 0.1) is 30.7 Å². The van der Waals surface area contributed by atoms with Crippen molar-refractivity contribution < 1.29 is 28.5 Å². The second kappa shape index (κ2) is 8.79. The number of nitrogens with one attached hydrogen (secondary N) is 1. The molecule has 6 nitrogen and oxygen atoms in total. The standard InChI is InChI=1S/C17H17ClF2N2O4/c18-9-1-2-13(12(20)5-9)22-14-6-10(19)7-15(16(14)17(21)25)26-4-3-11(24)8-23/h1-2,5-7,11,22-24H,3-4,8H2,(H2,21,25). The lowest BCUT2D eigenvalue weighted by atomic mass is 10.1. The van der Waals surface area contributed by atoms with Gasteiger partial charge >= 0.3 is 0 Å². The van der Waals surface area contributed by atoms with Crippen molar-refractivity contribution >= 4 is 28.9 Å². The molecule has 2 rings (SSSR count). The van der Waals surface area contributed by atoms with Crippen LogP contribution in [0.5, 0.6) is 5.75 Å². The van der Waals surface area contributed by atoms with Crippen molar-refractivity contribution in [2.45, 2.75) is 12.5 Å². The Hall–Kier alpha value is -2.42. The molecule has 0 aromatic heterocycles. The fraction of sp³-hybridized carbons (Fsp3) is 0.235. The Balaban J connectivity index is 2.34. The van der Waals surface area contributed by atoms with Crippen LogP contribution in [0.4, 0.5) is 20.2 Å². The second-order valence-electron chi connectivity index (χ2n) is 5.41. The minimum absolute atomic E-state index is 0.0378. The number of amides is 1. The highest BCUT2D eigenvalue weighted by molar-refractivity contribution is 6.30. The fourth-order valence-electron chi connectivity index (χ4n) is 2.18. The second-order valence-corrected chi connectivity index (χ2v) is 5.85. The zero-order valence-electron chi connectivity index (χ0n) is 13.5. The number of aliphatic hydroxyl groups is 2. The van der Waals surface area contributed by atoms with Gasteiger partial charge in [0.15, 0.2) is 0 Å². The Morgan fingerprint density at radius 2 is 2.00 bits per heavy atom. The number of carbonyl (C=O) groups is 1. The number of hydrogen-bond acceptors (Lipinski definition) is 5. The van der Waals surface area contributed by atoms with E-state index in [-0.39, 0.29) is 40.7 Å². The number of halogens is 3. The average Bonchev–Trinajstić information content (AvgIpc) is 2.56. The largest absolute Gasteiger partial charge is 0.492 e. The molecule has 9 heteroatoms. The van der Waals surface area contributed by atoms with Crippen molar-refractivity contribution in [3.05, 3.63) is 52.6 Å². The molecule has 0 aliphatic carbocycles. The first kappa shape index (κ1) is 19.9. The number of primary amides is 1. The van der Waals surface area contributed by atoms with Gasteiger partial charge in [-0.25, -0.2) is 8.78 Å². The van der Waals surface area contributed by atoms with Crippen molar-refractivity contribution in [2.24, 2.45) is 5.73 Å². The van der Waals surface area contributed by atoms with E-state index in [2.05, 4.69) is 5.32 Å². The van der Waals surface area contributed by atoms with E-state index in [0.717, 1.165) is 18.2 Å². The van der Waals surface area contributed by atoms with Gasteiger partial charge in [0.1, 0.15) is 22.9 Å². The summed E-state index contributed by atoms with van der Waals surface area (Å²) >= 11 is 5.69. The van der Waals surface area contributed by atoms with Crippen LogP contribution in [-0.2, 0) is 0 Å². The molecule has 1 unspecified atom stereocenters. The molecule has 0 bridgehead atoms. The first-order valence-electron chi connectivity index (χ1n) is 7.59. The summed E-state index contributed by atoms with van der Waals surface area (Å²) in [5.41, 5.74) is 5.05. The zero-order chi connectivity index (χ0) is 19.3. The van der Waals surface area contributed by atoms with Crippen LogP contribution in [0.25, 0.3) is 0 Å². The molecule has 0 radical (unpaired) electrons. The summed E-state index contributed by atoms with van der Waals surface area (Å²) in [5, 5.41) is 20.9. The fourth-order valence-corrected chi connectivity index (χ4v) is 2.34. The molecule has 0 saturated carbocycles. The van der Waals surface area contributed by atoms with Gasteiger partial charge < -0.3 is 26.0 Å². The van der Waals surface area contributed by atoms with E-state index in [1.807, 2.05) is 0 Å². The summed E-state index contributed by atoms with van der Waals surface area (Å²) < 4.78 is 33.2. The van der Waals surface area contributed by atoms with Crippen molar-refractivity contribution in [3.63, 3.8) is 0 Å². The van der Waals surface area contributed by atoms with Gasteiger partial charge in [-0.2, -0.15) is 0 Å². The van der Waals surface area contributed by atoms with Crippen LogP contribution in [0.15, 0.2) is 30.3 Å². The smallest absolute Gasteiger partial charge is 0.254 e. The van der Waals surface area contributed by atoms with Crippen molar-refractivity contribution in [3.8, 4) is 5.75 Å². The molecule has 26 heavy (non-hydrogen) atoms. The van der Waals surface area contributed by atoms with Crippen LogP contribution >= 0.6 is 11.6 Å². The Bertz CT molecular complexity index is 805. The minimum atomic E-state index is -1.01. The lowest BCUT2D eigenvalue weighted by Gasteiger charge is -2.16.